The van der Waals surface area contributed by atoms with Crippen molar-refractivity contribution in [2.24, 2.45) is 0 Å². The molecule has 0 spiro atoms. The Bertz CT molecular complexity index is 851. The summed E-state index contributed by atoms with van der Waals surface area (Å²) in [6.07, 6.45) is 0. The Morgan fingerprint density at radius 1 is 1.18 bits per heavy atom. The first kappa shape index (κ1) is 14.9. The summed E-state index contributed by atoms with van der Waals surface area (Å²) in [4.78, 5) is 12.7. The summed E-state index contributed by atoms with van der Waals surface area (Å²) in [6.45, 7) is 4.82. The highest BCUT2D eigenvalue weighted by Crippen LogP contribution is 2.26. The second-order valence-corrected chi connectivity index (χ2v) is 6.12. The number of fused-ring (bicyclic) bond motifs is 1. The third-order valence-corrected chi connectivity index (χ3v) is 4.33. The van der Waals surface area contributed by atoms with Gasteiger partial charge in [-0.2, -0.15) is 0 Å². The molecule has 0 aliphatic carbocycles. The van der Waals surface area contributed by atoms with Crippen LogP contribution < -0.4 is 5.32 Å². The van der Waals surface area contributed by atoms with Crippen LogP contribution in [0.25, 0.3) is 10.9 Å². The fourth-order valence-electron chi connectivity index (χ4n) is 2.85. The van der Waals surface area contributed by atoms with Crippen molar-refractivity contribution < 1.29 is 4.79 Å². The van der Waals surface area contributed by atoms with Crippen molar-refractivity contribution in [1.29, 1.82) is 0 Å². The summed E-state index contributed by atoms with van der Waals surface area (Å²) in [5.74, 6) is -0.0753. The van der Waals surface area contributed by atoms with E-state index in [-0.39, 0.29) is 5.91 Å². The van der Waals surface area contributed by atoms with Gasteiger partial charge < -0.3 is 9.88 Å². The summed E-state index contributed by atoms with van der Waals surface area (Å²) in [6, 6.07) is 15.7. The minimum atomic E-state index is -0.0753. The number of aryl methyl sites for hydroxylation is 2. The lowest BCUT2D eigenvalue weighted by molar-refractivity contribution is 0.101. The number of carbonyl (C=O) groups excluding carboxylic acids is 1. The van der Waals surface area contributed by atoms with E-state index in [1.54, 1.807) is 0 Å². The average molecular weight is 357 g/mol. The minimum absolute atomic E-state index is 0.0753. The number of amides is 1. The van der Waals surface area contributed by atoms with Crippen LogP contribution in [0.1, 0.15) is 23.0 Å². The van der Waals surface area contributed by atoms with E-state index in [4.69, 9.17) is 0 Å². The molecule has 1 amide bonds. The molecule has 112 valence electrons. The molecule has 0 aliphatic heterocycles. The number of nitrogens with zero attached hydrogens (tertiary/aromatic N) is 1. The van der Waals surface area contributed by atoms with Crippen LogP contribution in [0.5, 0.6) is 0 Å². The lowest BCUT2D eigenvalue weighted by atomic mass is 10.1. The SMILES string of the molecule is CCn1c(C(=O)Nc2cccc(Br)c2)c(C)c2ccccc21. The molecule has 0 saturated heterocycles. The molecule has 1 heterocycles. The van der Waals surface area contributed by atoms with Gasteiger partial charge in [-0.25, -0.2) is 0 Å². The standard InChI is InChI=1S/C18H17BrN2O/c1-3-21-16-10-5-4-9-15(16)12(2)17(21)18(22)20-14-8-6-7-13(19)11-14/h4-11H,3H2,1-2H3,(H,20,22). The zero-order chi connectivity index (χ0) is 15.7. The van der Waals surface area contributed by atoms with Crippen LogP contribution in [0.2, 0.25) is 0 Å². The van der Waals surface area contributed by atoms with E-state index in [2.05, 4.69) is 44.9 Å². The first-order valence-electron chi connectivity index (χ1n) is 7.26. The van der Waals surface area contributed by atoms with Gasteiger partial charge in [0, 0.05) is 27.6 Å². The highest BCUT2D eigenvalue weighted by molar-refractivity contribution is 9.10. The van der Waals surface area contributed by atoms with Crippen LogP contribution in [0.15, 0.2) is 53.0 Å². The Balaban J connectivity index is 2.05. The maximum atomic E-state index is 12.7. The van der Waals surface area contributed by atoms with Gasteiger partial charge in [0.1, 0.15) is 5.69 Å². The zero-order valence-corrected chi connectivity index (χ0v) is 14.1. The molecule has 0 unspecified atom stereocenters. The molecule has 0 fully saturated rings. The summed E-state index contributed by atoms with van der Waals surface area (Å²) in [5, 5.41) is 4.11. The van der Waals surface area contributed by atoms with Crippen LogP contribution in [-0.4, -0.2) is 10.5 Å². The molecule has 3 aromatic rings. The molecule has 0 bridgehead atoms. The van der Waals surface area contributed by atoms with Crippen molar-refractivity contribution in [1.82, 2.24) is 4.57 Å². The zero-order valence-electron chi connectivity index (χ0n) is 12.6. The van der Waals surface area contributed by atoms with Gasteiger partial charge in [-0.05, 0) is 43.7 Å². The molecule has 22 heavy (non-hydrogen) atoms. The van der Waals surface area contributed by atoms with Gasteiger partial charge in [-0.3, -0.25) is 4.79 Å². The molecule has 2 aromatic carbocycles. The Hall–Kier alpha value is -2.07. The first-order chi connectivity index (χ1) is 10.6. The molecular formula is C18H17BrN2O. The van der Waals surface area contributed by atoms with Crippen molar-refractivity contribution in [3.63, 3.8) is 0 Å². The number of hydrogen-bond donors (Lipinski definition) is 1. The Morgan fingerprint density at radius 2 is 1.95 bits per heavy atom. The summed E-state index contributed by atoms with van der Waals surface area (Å²) in [5.41, 5.74) is 3.63. The smallest absolute Gasteiger partial charge is 0.272 e. The maximum Gasteiger partial charge on any atom is 0.272 e. The van der Waals surface area contributed by atoms with Gasteiger partial charge in [0.15, 0.2) is 0 Å². The van der Waals surface area contributed by atoms with Gasteiger partial charge >= 0.3 is 0 Å². The molecule has 1 aromatic heterocycles. The van der Waals surface area contributed by atoms with Crippen LogP contribution in [0, 0.1) is 6.92 Å². The molecule has 3 nitrogen and oxygen atoms in total. The monoisotopic (exact) mass is 356 g/mol. The molecule has 4 heteroatoms. The molecule has 0 radical (unpaired) electrons. The van der Waals surface area contributed by atoms with Crippen LogP contribution >= 0.6 is 15.9 Å². The Morgan fingerprint density at radius 3 is 2.68 bits per heavy atom. The predicted octanol–water partition coefficient (Wildman–Crippen LogP) is 4.98. The lowest BCUT2D eigenvalue weighted by Crippen LogP contribution is -2.17. The van der Waals surface area contributed by atoms with Crippen molar-refractivity contribution in [2.45, 2.75) is 20.4 Å². The van der Waals surface area contributed by atoms with E-state index in [0.29, 0.717) is 0 Å². The number of hydrogen-bond acceptors (Lipinski definition) is 1. The molecule has 0 aliphatic rings. The predicted molar refractivity (Wildman–Crippen MR) is 94.4 cm³/mol. The van der Waals surface area contributed by atoms with Crippen molar-refractivity contribution in [2.75, 3.05) is 5.32 Å². The quantitative estimate of drug-likeness (QED) is 0.704. The van der Waals surface area contributed by atoms with Gasteiger partial charge in [-0.1, -0.05) is 40.2 Å². The number of rotatable bonds is 3. The maximum absolute atomic E-state index is 12.7. The van der Waals surface area contributed by atoms with E-state index < -0.39 is 0 Å². The number of aromatic nitrogens is 1. The van der Waals surface area contributed by atoms with E-state index >= 15 is 0 Å². The van der Waals surface area contributed by atoms with Crippen LogP contribution in [0.3, 0.4) is 0 Å². The second kappa shape index (κ2) is 5.97. The number of carbonyl (C=O) groups is 1. The molecule has 0 atom stereocenters. The fourth-order valence-corrected chi connectivity index (χ4v) is 3.25. The normalized spacial score (nSPS) is 10.9. The minimum Gasteiger partial charge on any atom is -0.337 e. The lowest BCUT2D eigenvalue weighted by Gasteiger charge is -2.10. The summed E-state index contributed by atoms with van der Waals surface area (Å²) < 4.78 is 3.01. The van der Waals surface area contributed by atoms with Gasteiger partial charge in [-0.15, -0.1) is 0 Å². The van der Waals surface area contributed by atoms with E-state index in [9.17, 15) is 4.79 Å². The third kappa shape index (κ3) is 2.55. The van der Waals surface area contributed by atoms with Gasteiger partial charge in [0.2, 0.25) is 0 Å². The molecule has 1 N–H and O–H groups in total. The summed E-state index contributed by atoms with van der Waals surface area (Å²) in [7, 11) is 0. The second-order valence-electron chi connectivity index (χ2n) is 5.20. The number of halogens is 1. The molecule has 0 saturated carbocycles. The number of anilines is 1. The van der Waals surface area contributed by atoms with E-state index in [0.717, 1.165) is 38.9 Å². The van der Waals surface area contributed by atoms with Gasteiger partial charge in [0.05, 0.1) is 0 Å². The molecule has 3 rings (SSSR count). The highest BCUT2D eigenvalue weighted by Gasteiger charge is 2.19. The average Bonchev–Trinajstić information content (AvgIpc) is 2.80. The fraction of sp³-hybridized carbons (Fsp3) is 0.167. The van der Waals surface area contributed by atoms with E-state index in [1.165, 1.54) is 0 Å². The largest absolute Gasteiger partial charge is 0.337 e. The number of benzene rings is 2. The van der Waals surface area contributed by atoms with Crippen LogP contribution in [0.4, 0.5) is 5.69 Å². The topological polar surface area (TPSA) is 34.0 Å². The first-order valence-corrected chi connectivity index (χ1v) is 8.06. The van der Waals surface area contributed by atoms with Crippen molar-refractivity contribution >= 4 is 38.4 Å². The van der Waals surface area contributed by atoms with Crippen molar-refractivity contribution in [3.8, 4) is 0 Å². The van der Waals surface area contributed by atoms with Crippen molar-refractivity contribution in [3.05, 3.63) is 64.3 Å². The number of para-hydroxylation sites is 1. The highest BCUT2D eigenvalue weighted by atomic mass is 79.9. The third-order valence-electron chi connectivity index (χ3n) is 3.84. The Kier molecular flexibility index (Phi) is 4.03. The van der Waals surface area contributed by atoms with Gasteiger partial charge in [0.25, 0.3) is 5.91 Å². The summed E-state index contributed by atoms with van der Waals surface area (Å²) >= 11 is 3.42. The Labute approximate surface area is 138 Å². The molecular weight excluding hydrogens is 340 g/mol. The van der Waals surface area contributed by atoms with E-state index in [1.807, 2.05) is 43.3 Å². The number of nitrogens with one attached hydrogen (secondary N) is 1. The van der Waals surface area contributed by atoms with Crippen LogP contribution in [-0.2, 0) is 6.54 Å².